The Balaban J connectivity index is 3.58. The second kappa shape index (κ2) is 2.69. The number of rotatable bonds is 2. The number of hydrogen-bond acceptors (Lipinski definition) is 1. The molecule has 1 nitrogen and oxygen atoms in total. The third kappa shape index (κ3) is 2.29. The first kappa shape index (κ1) is 6.57. The van der Waals surface area contributed by atoms with Crippen molar-refractivity contribution in [2.75, 3.05) is 7.11 Å². The molecule has 0 fully saturated rings. The molecule has 0 aromatic rings. The second-order valence-corrected chi connectivity index (χ2v) is 1.49. The van der Waals surface area contributed by atoms with E-state index in [4.69, 9.17) is 11.6 Å². The summed E-state index contributed by atoms with van der Waals surface area (Å²) in [5.41, 5.74) is 0. The minimum atomic E-state index is 0.350. The monoisotopic (exact) mass is 118 g/mol. The molecule has 2 heteroatoms. The molecule has 0 aromatic heterocycles. The van der Waals surface area contributed by atoms with Crippen LogP contribution >= 0.6 is 11.6 Å². The third-order valence-electron chi connectivity index (χ3n) is 0.549. The number of hydrogen-bond donors (Lipinski definition) is 0. The zero-order valence-electron chi connectivity index (χ0n) is 4.20. The van der Waals surface area contributed by atoms with Crippen molar-refractivity contribution in [1.82, 2.24) is 0 Å². The maximum atomic E-state index is 5.31. The normalized spacial score (nSPS) is 7.71. The fourth-order valence-electron chi connectivity index (χ4n) is 0.111. The van der Waals surface area contributed by atoms with Crippen molar-refractivity contribution in [1.29, 1.82) is 0 Å². The van der Waals surface area contributed by atoms with Gasteiger partial charge in [0.25, 0.3) is 0 Å². The molecule has 0 N–H and O–H groups in total. The van der Waals surface area contributed by atoms with Crippen molar-refractivity contribution >= 4 is 11.6 Å². The first-order chi connectivity index (χ1) is 3.18. The molecule has 0 heterocycles. The van der Waals surface area contributed by atoms with Crippen LogP contribution in [0.5, 0.6) is 0 Å². The molecule has 0 bridgehead atoms. The second-order valence-electron chi connectivity index (χ2n) is 1.03. The average molecular weight is 119 g/mol. The Morgan fingerprint density at radius 3 is 2.00 bits per heavy atom. The smallest absolute Gasteiger partial charge is 0.129 e. The Kier molecular flexibility index (Phi) is 2.53. The van der Waals surface area contributed by atoms with Crippen LogP contribution in [-0.2, 0) is 4.74 Å². The topological polar surface area (TPSA) is 9.23 Å². The van der Waals surface area contributed by atoms with Gasteiger partial charge in [-0.2, -0.15) is 0 Å². The maximum Gasteiger partial charge on any atom is 0.129 e. The first-order valence-electron chi connectivity index (χ1n) is 1.76. The fourth-order valence-corrected chi connectivity index (χ4v) is 0.188. The molecule has 0 saturated carbocycles. The minimum Gasteiger partial charge on any atom is -0.496 e. The van der Waals surface area contributed by atoms with Gasteiger partial charge in [-0.05, 0) is 0 Å². The fraction of sp³-hybridized carbons (Fsp3) is 0.200. The molecule has 7 heavy (non-hydrogen) atoms. The molecule has 0 aliphatic carbocycles. The van der Waals surface area contributed by atoms with Gasteiger partial charge in [0.1, 0.15) is 5.76 Å². The van der Waals surface area contributed by atoms with Crippen LogP contribution in [-0.4, -0.2) is 7.11 Å². The average Bonchev–Trinajstić information content (AvgIpc) is 1.65. The molecule has 0 radical (unpaired) electrons. The van der Waals surface area contributed by atoms with Crippen LogP contribution < -0.4 is 0 Å². The van der Waals surface area contributed by atoms with Crippen LogP contribution in [0, 0.1) is 0 Å². The molecule has 40 valence electrons. The minimum absolute atomic E-state index is 0.350. The summed E-state index contributed by atoms with van der Waals surface area (Å²) < 4.78 is 4.59. The predicted molar refractivity (Wildman–Crippen MR) is 31.1 cm³/mol. The van der Waals surface area contributed by atoms with Gasteiger partial charge < -0.3 is 4.74 Å². The standard InChI is InChI=1S/C5H7ClO/c1-4(6)5(2)7-3/h1-2H2,3H3. The van der Waals surface area contributed by atoms with Gasteiger partial charge in [0.15, 0.2) is 0 Å². The molecular weight excluding hydrogens is 112 g/mol. The van der Waals surface area contributed by atoms with Crippen molar-refractivity contribution in [2.45, 2.75) is 0 Å². The van der Waals surface area contributed by atoms with Gasteiger partial charge in [-0.1, -0.05) is 24.8 Å². The van der Waals surface area contributed by atoms with Crippen LogP contribution in [0.25, 0.3) is 0 Å². The summed E-state index contributed by atoms with van der Waals surface area (Å²) in [6, 6.07) is 0. The van der Waals surface area contributed by atoms with Gasteiger partial charge in [0.2, 0.25) is 0 Å². The van der Waals surface area contributed by atoms with Gasteiger partial charge in [-0.25, -0.2) is 0 Å². The van der Waals surface area contributed by atoms with Gasteiger partial charge in [0.05, 0.1) is 12.1 Å². The summed E-state index contributed by atoms with van der Waals surface area (Å²) in [5, 5.41) is 0.350. The van der Waals surface area contributed by atoms with Crippen molar-refractivity contribution < 1.29 is 4.74 Å². The number of allylic oxidation sites excluding steroid dienone is 1. The third-order valence-corrected chi connectivity index (χ3v) is 0.760. The number of halogens is 1. The Morgan fingerprint density at radius 1 is 1.57 bits per heavy atom. The summed E-state index contributed by atoms with van der Waals surface area (Å²) in [4.78, 5) is 0. The van der Waals surface area contributed by atoms with Gasteiger partial charge in [-0.15, -0.1) is 0 Å². The molecule has 0 aliphatic rings. The van der Waals surface area contributed by atoms with Crippen molar-refractivity contribution in [2.24, 2.45) is 0 Å². The van der Waals surface area contributed by atoms with E-state index in [-0.39, 0.29) is 0 Å². The zero-order valence-corrected chi connectivity index (χ0v) is 4.96. The molecule has 0 aromatic carbocycles. The summed E-state index contributed by atoms with van der Waals surface area (Å²) in [5.74, 6) is 0.418. The lowest BCUT2D eigenvalue weighted by Crippen LogP contribution is -1.79. The lowest BCUT2D eigenvalue weighted by molar-refractivity contribution is 0.307. The summed E-state index contributed by atoms with van der Waals surface area (Å²) in [6.45, 7) is 6.79. The Bertz CT molecular complexity index is 96.3. The van der Waals surface area contributed by atoms with Crippen LogP contribution in [0.2, 0.25) is 0 Å². The van der Waals surface area contributed by atoms with Gasteiger partial charge >= 0.3 is 0 Å². The van der Waals surface area contributed by atoms with Crippen molar-refractivity contribution in [3.05, 3.63) is 23.9 Å². The van der Waals surface area contributed by atoms with Gasteiger partial charge in [-0.3, -0.25) is 0 Å². The highest BCUT2D eigenvalue weighted by Gasteiger charge is 1.89. The van der Waals surface area contributed by atoms with E-state index in [9.17, 15) is 0 Å². The number of methoxy groups -OCH3 is 1. The largest absolute Gasteiger partial charge is 0.496 e. The summed E-state index contributed by atoms with van der Waals surface area (Å²) in [6.07, 6.45) is 0. The molecule has 0 atom stereocenters. The highest BCUT2D eigenvalue weighted by Crippen LogP contribution is 2.08. The van der Waals surface area contributed by atoms with E-state index < -0.39 is 0 Å². The SMILES string of the molecule is C=C(Cl)C(=C)OC. The number of ether oxygens (including phenoxy) is 1. The molecule has 0 rings (SSSR count). The van der Waals surface area contributed by atoms with Crippen LogP contribution in [0.3, 0.4) is 0 Å². The zero-order chi connectivity index (χ0) is 5.86. The van der Waals surface area contributed by atoms with E-state index in [2.05, 4.69) is 17.9 Å². The Hall–Kier alpha value is -0.430. The summed E-state index contributed by atoms with van der Waals surface area (Å²) >= 11 is 5.31. The highest BCUT2D eigenvalue weighted by atomic mass is 35.5. The van der Waals surface area contributed by atoms with E-state index >= 15 is 0 Å². The van der Waals surface area contributed by atoms with E-state index in [0.29, 0.717) is 10.8 Å². The lowest BCUT2D eigenvalue weighted by Gasteiger charge is -1.96. The molecule has 0 unspecified atom stereocenters. The first-order valence-corrected chi connectivity index (χ1v) is 2.14. The predicted octanol–water partition coefficient (Wildman–Crippen LogP) is 1.90. The van der Waals surface area contributed by atoms with E-state index in [1.807, 2.05) is 0 Å². The van der Waals surface area contributed by atoms with E-state index in [1.54, 1.807) is 0 Å². The Labute approximate surface area is 48.2 Å². The van der Waals surface area contributed by atoms with Crippen molar-refractivity contribution in [3.8, 4) is 0 Å². The lowest BCUT2D eigenvalue weighted by atomic mass is 10.5. The van der Waals surface area contributed by atoms with E-state index in [1.165, 1.54) is 7.11 Å². The van der Waals surface area contributed by atoms with Crippen LogP contribution in [0.1, 0.15) is 0 Å². The van der Waals surface area contributed by atoms with E-state index in [0.717, 1.165) is 0 Å². The molecule has 0 saturated heterocycles. The molecule has 0 spiro atoms. The van der Waals surface area contributed by atoms with Crippen LogP contribution in [0.15, 0.2) is 23.9 Å². The van der Waals surface area contributed by atoms with Gasteiger partial charge in [0, 0.05) is 0 Å². The molecular formula is C5H7ClO. The Morgan fingerprint density at radius 2 is 2.00 bits per heavy atom. The highest BCUT2D eigenvalue weighted by molar-refractivity contribution is 6.31. The van der Waals surface area contributed by atoms with Crippen LogP contribution in [0.4, 0.5) is 0 Å². The maximum absolute atomic E-state index is 5.31. The summed E-state index contributed by atoms with van der Waals surface area (Å²) in [7, 11) is 1.50. The molecule has 0 amide bonds. The van der Waals surface area contributed by atoms with Crippen molar-refractivity contribution in [3.63, 3.8) is 0 Å². The molecule has 0 aliphatic heterocycles. The quantitative estimate of drug-likeness (QED) is 0.398.